The van der Waals surface area contributed by atoms with Crippen molar-refractivity contribution in [2.24, 2.45) is 0 Å². The standard InChI is InChI=1S/C12H13NO2S/c1-15-10-4-2-8(3-5-10)13-9-6-11(12(13)14)16-7-9/h2-5,9,11H,6-7H2,1H3. The number of rotatable bonds is 2. The lowest BCUT2D eigenvalue weighted by Crippen LogP contribution is -2.38. The van der Waals surface area contributed by atoms with E-state index in [-0.39, 0.29) is 11.2 Å². The molecule has 3 nitrogen and oxygen atoms in total. The maximum atomic E-state index is 12.0. The van der Waals surface area contributed by atoms with Gasteiger partial charge < -0.3 is 9.64 Å². The van der Waals surface area contributed by atoms with E-state index in [0.29, 0.717) is 6.04 Å². The zero-order valence-electron chi connectivity index (χ0n) is 9.05. The van der Waals surface area contributed by atoms with Gasteiger partial charge in [-0.2, -0.15) is 0 Å². The Labute approximate surface area is 98.8 Å². The summed E-state index contributed by atoms with van der Waals surface area (Å²) in [5.74, 6) is 2.17. The van der Waals surface area contributed by atoms with Crippen LogP contribution < -0.4 is 9.64 Å². The number of hydrogen-bond donors (Lipinski definition) is 0. The predicted molar refractivity (Wildman–Crippen MR) is 65.1 cm³/mol. The summed E-state index contributed by atoms with van der Waals surface area (Å²) >= 11 is 1.79. The van der Waals surface area contributed by atoms with Crippen LogP contribution in [0.5, 0.6) is 5.75 Å². The minimum Gasteiger partial charge on any atom is -0.497 e. The molecule has 0 saturated carbocycles. The number of methoxy groups -OCH3 is 1. The first-order valence-electron chi connectivity index (χ1n) is 5.38. The Bertz CT molecular complexity index is 418. The molecule has 1 aromatic rings. The summed E-state index contributed by atoms with van der Waals surface area (Å²) in [6, 6.07) is 8.13. The Morgan fingerprint density at radius 2 is 2.12 bits per heavy atom. The van der Waals surface area contributed by atoms with E-state index in [4.69, 9.17) is 4.74 Å². The third-order valence-corrected chi connectivity index (χ3v) is 4.58. The van der Waals surface area contributed by atoms with Crippen LogP contribution in [0.3, 0.4) is 0 Å². The third kappa shape index (κ3) is 1.40. The van der Waals surface area contributed by atoms with Crippen LogP contribution >= 0.6 is 11.8 Å². The third-order valence-electron chi connectivity index (χ3n) is 3.20. The van der Waals surface area contributed by atoms with Crippen LogP contribution in [0, 0.1) is 0 Å². The van der Waals surface area contributed by atoms with Gasteiger partial charge in [-0.25, -0.2) is 0 Å². The fourth-order valence-corrected chi connectivity index (χ4v) is 3.73. The highest BCUT2D eigenvalue weighted by atomic mass is 32.2. The molecule has 1 amide bonds. The molecule has 2 bridgehead atoms. The zero-order chi connectivity index (χ0) is 11.1. The average molecular weight is 235 g/mol. The minimum atomic E-state index is 0.201. The number of anilines is 1. The first-order valence-corrected chi connectivity index (χ1v) is 6.43. The normalized spacial score (nSPS) is 27.6. The molecular formula is C12H13NO2S. The molecule has 0 aliphatic carbocycles. The number of carbonyl (C=O) groups is 1. The molecule has 0 radical (unpaired) electrons. The summed E-state index contributed by atoms with van der Waals surface area (Å²) in [5, 5.41) is 0.201. The van der Waals surface area contributed by atoms with E-state index in [1.54, 1.807) is 18.9 Å². The van der Waals surface area contributed by atoms with Gasteiger partial charge >= 0.3 is 0 Å². The number of carbonyl (C=O) groups excluding carboxylic acids is 1. The van der Waals surface area contributed by atoms with Gasteiger partial charge in [0.25, 0.3) is 0 Å². The Hall–Kier alpha value is -1.16. The molecule has 2 aliphatic heterocycles. The van der Waals surface area contributed by atoms with Crippen molar-refractivity contribution in [2.75, 3.05) is 17.8 Å². The van der Waals surface area contributed by atoms with E-state index in [9.17, 15) is 4.79 Å². The summed E-state index contributed by atoms with van der Waals surface area (Å²) in [5.41, 5.74) is 0.999. The minimum absolute atomic E-state index is 0.201. The average Bonchev–Trinajstić information content (AvgIpc) is 2.90. The van der Waals surface area contributed by atoms with Crippen LogP contribution in [0.2, 0.25) is 0 Å². The number of benzene rings is 1. The summed E-state index contributed by atoms with van der Waals surface area (Å²) in [7, 11) is 1.65. The van der Waals surface area contributed by atoms with Gasteiger partial charge in [0.2, 0.25) is 5.91 Å². The first-order chi connectivity index (χ1) is 7.79. The number of hydrogen-bond acceptors (Lipinski definition) is 3. The van der Waals surface area contributed by atoms with Crippen LogP contribution in [0.25, 0.3) is 0 Å². The van der Waals surface area contributed by atoms with Gasteiger partial charge in [-0.15, -0.1) is 11.8 Å². The molecule has 2 unspecified atom stereocenters. The summed E-state index contributed by atoms with van der Waals surface area (Å²) in [6.07, 6.45) is 1.01. The predicted octanol–water partition coefficient (Wildman–Crippen LogP) is 1.92. The van der Waals surface area contributed by atoms with Gasteiger partial charge in [0.15, 0.2) is 0 Å². The molecule has 3 rings (SSSR count). The number of amides is 1. The fourth-order valence-electron chi connectivity index (χ4n) is 2.38. The van der Waals surface area contributed by atoms with E-state index in [1.807, 2.05) is 29.2 Å². The topological polar surface area (TPSA) is 29.5 Å². The second-order valence-electron chi connectivity index (χ2n) is 4.12. The largest absolute Gasteiger partial charge is 0.497 e. The van der Waals surface area contributed by atoms with Crippen molar-refractivity contribution in [3.05, 3.63) is 24.3 Å². The van der Waals surface area contributed by atoms with Crippen molar-refractivity contribution < 1.29 is 9.53 Å². The van der Waals surface area contributed by atoms with Gasteiger partial charge in [0.05, 0.1) is 12.4 Å². The highest BCUT2D eigenvalue weighted by Crippen LogP contribution is 2.41. The Morgan fingerprint density at radius 3 is 2.69 bits per heavy atom. The molecule has 4 heteroatoms. The number of fused-ring (bicyclic) bond motifs is 2. The molecule has 2 fully saturated rings. The highest BCUT2D eigenvalue weighted by molar-refractivity contribution is 8.01. The van der Waals surface area contributed by atoms with Crippen molar-refractivity contribution in [1.29, 1.82) is 0 Å². The monoisotopic (exact) mass is 235 g/mol. The molecule has 2 aliphatic rings. The molecule has 2 saturated heterocycles. The molecule has 1 aromatic carbocycles. The van der Waals surface area contributed by atoms with Gasteiger partial charge in [-0.05, 0) is 30.7 Å². The smallest absolute Gasteiger partial charge is 0.240 e. The van der Waals surface area contributed by atoms with E-state index < -0.39 is 0 Å². The molecular weight excluding hydrogens is 222 g/mol. The van der Waals surface area contributed by atoms with E-state index in [2.05, 4.69) is 0 Å². The van der Waals surface area contributed by atoms with Crippen molar-refractivity contribution in [2.45, 2.75) is 17.7 Å². The molecule has 84 valence electrons. The molecule has 0 aromatic heterocycles. The lowest BCUT2D eigenvalue weighted by molar-refractivity contribution is -0.116. The zero-order valence-corrected chi connectivity index (χ0v) is 9.87. The summed E-state index contributed by atoms with van der Waals surface area (Å²) < 4.78 is 5.11. The Balaban J connectivity index is 1.89. The molecule has 2 heterocycles. The maximum Gasteiger partial charge on any atom is 0.240 e. The second-order valence-corrected chi connectivity index (χ2v) is 5.35. The highest BCUT2D eigenvalue weighted by Gasteiger charge is 2.45. The van der Waals surface area contributed by atoms with E-state index in [0.717, 1.165) is 23.6 Å². The molecule has 16 heavy (non-hydrogen) atoms. The van der Waals surface area contributed by atoms with Crippen LogP contribution in [0.4, 0.5) is 5.69 Å². The maximum absolute atomic E-state index is 12.0. The lowest BCUT2D eigenvalue weighted by atomic mass is 10.2. The van der Waals surface area contributed by atoms with Gasteiger partial charge in [0, 0.05) is 17.5 Å². The van der Waals surface area contributed by atoms with Gasteiger partial charge in [0.1, 0.15) is 5.75 Å². The molecule has 0 N–H and O–H groups in total. The van der Waals surface area contributed by atoms with Crippen LogP contribution in [-0.2, 0) is 4.79 Å². The van der Waals surface area contributed by atoms with Crippen LogP contribution in [0.1, 0.15) is 6.42 Å². The first kappa shape index (κ1) is 10.0. The molecule has 2 atom stereocenters. The van der Waals surface area contributed by atoms with Crippen LogP contribution in [-0.4, -0.2) is 30.1 Å². The lowest BCUT2D eigenvalue weighted by Gasteiger charge is -2.26. The molecule has 0 spiro atoms. The van der Waals surface area contributed by atoms with Crippen molar-refractivity contribution in [3.8, 4) is 5.75 Å². The van der Waals surface area contributed by atoms with Crippen LogP contribution in [0.15, 0.2) is 24.3 Å². The summed E-state index contributed by atoms with van der Waals surface area (Å²) in [4.78, 5) is 13.9. The Morgan fingerprint density at radius 1 is 1.38 bits per heavy atom. The number of nitrogens with zero attached hydrogens (tertiary/aromatic N) is 1. The fraction of sp³-hybridized carbons (Fsp3) is 0.417. The van der Waals surface area contributed by atoms with Crippen molar-refractivity contribution in [1.82, 2.24) is 0 Å². The number of thioether (sulfide) groups is 1. The second kappa shape index (κ2) is 3.70. The SMILES string of the molecule is COc1ccc(N2C(=O)C3CC2CS3)cc1. The van der Waals surface area contributed by atoms with Crippen molar-refractivity contribution in [3.63, 3.8) is 0 Å². The summed E-state index contributed by atoms with van der Waals surface area (Å²) in [6.45, 7) is 0. The van der Waals surface area contributed by atoms with Crippen molar-refractivity contribution >= 4 is 23.4 Å². The number of ether oxygens (including phenoxy) is 1. The van der Waals surface area contributed by atoms with Gasteiger partial charge in [-0.3, -0.25) is 4.79 Å². The van der Waals surface area contributed by atoms with E-state index in [1.165, 1.54) is 0 Å². The van der Waals surface area contributed by atoms with Gasteiger partial charge in [-0.1, -0.05) is 0 Å². The van der Waals surface area contributed by atoms with E-state index >= 15 is 0 Å². The quantitative estimate of drug-likeness (QED) is 0.784. The Kier molecular flexibility index (Phi) is 2.32.